The van der Waals surface area contributed by atoms with Crippen LogP contribution in [0.1, 0.15) is 12.0 Å². The quantitative estimate of drug-likeness (QED) is 0.593. The van der Waals surface area contributed by atoms with Crippen LogP contribution in [-0.4, -0.2) is 34.6 Å². The molecule has 0 aromatic heterocycles. The Morgan fingerprint density at radius 1 is 1.11 bits per heavy atom. The normalized spacial score (nSPS) is 14.5. The fourth-order valence-corrected chi connectivity index (χ4v) is 5.03. The fraction of sp³-hybridized carbons (Fsp3) is 0.250. The van der Waals surface area contributed by atoms with Gasteiger partial charge in [0.05, 0.1) is 21.8 Å². The average molecular weight is 411 g/mol. The van der Waals surface area contributed by atoms with Crippen molar-refractivity contribution in [1.29, 1.82) is 0 Å². The maximum Gasteiger partial charge on any atom is 0.270 e. The van der Waals surface area contributed by atoms with Crippen molar-refractivity contribution in [1.82, 2.24) is 0 Å². The van der Waals surface area contributed by atoms with Crippen molar-refractivity contribution < 1.29 is 21.8 Å². The smallest absolute Gasteiger partial charge is 0.270 e. The molecule has 11 heteroatoms. The molecule has 0 bridgehead atoms. The summed E-state index contributed by atoms with van der Waals surface area (Å²) >= 11 is 0. The molecule has 0 aliphatic carbocycles. The number of nitro groups is 1. The SMILES string of the molecule is CS(=O)(=O)N1CCCc2cc(NS(=O)(=O)c3cccc([N+](=O)[O-])c3)ccc21. The topological polar surface area (TPSA) is 127 Å². The number of nitrogens with one attached hydrogen (secondary N) is 1. The van der Waals surface area contributed by atoms with Crippen LogP contribution in [-0.2, 0) is 26.5 Å². The van der Waals surface area contributed by atoms with Gasteiger partial charge < -0.3 is 0 Å². The number of non-ortho nitro benzene ring substituents is 1. The Morgan fingerprint density at radius 3 is 2.52 bits per heavy atom. The monoisotopic (exact) mass is 411 g/mol. The van der Waals surface area contributed by atoms with Gasteiger partial charge in [0.2, 0.25) is 10.0 Å². The van der Waals surface area contributed by atoms with E-state index in [1.54, 1.807) is 12.1 Å². The van der Waals surface area contributed by atoms with Gasteiger partial charge in [-0.3, -0.25) is 19.1 Å². The third-order valence-corrected chi connectivity index (χ3v) is 6.71. The molecular weight excluding hydrogens is 394 g/mol. The van der Waals surface area contributed by atoms with Crippen molar-refractivity contribution >= 4 is 37.1 Å². The van der Waals surface area contributed by atoms with E-state index in [2.05, 4.69) is 4.72 Å². The summed E-state index contributed by atoms with van der Waals surface area (Å²) in [5, 5.41) is 10.8. The van der Waals surface area contributed by atoms with Crippen LogP contribution in [0.25, 0.3) is 0 Å². The first-order valence-corrected chi connectivity index (χ1v) is 11.3. The number of hydrogen-bond donors (Lipinski definition) is 1. The molecule has 0 spiro atoms. The van der Waals surface area contributed by atoms with E-state index in [4.69, 9.17) is 0 Å². The number of sulfonamides is 2. The van der Waals surface area contributed by atoms with Crippen LogP contribution >= 0.6 is 0 Å². The van der Waals surface area contributed by atoms with Crippen molar-refractivity contribution in [2.45, 2.75) is 17.7 Å². The largest absolute Gasteiger partial charge is 0.280 e. The Balaban J connectivity index is 1.92. The van der Waals surface area contributed by atoms with Gasteiger partial charge in [-0.1, -0.05) is 6.07 Å². The van der Waals surface area contributed by atoms with Crippen LogP contribution in [0.15, 0.2) is 47.4 Å². The summed E-state index contributed by atoms with van der Waals surface area (Å²) in [6.45, 7) is 0.380. The first kappa shape index (κ1) is 19.1. The molecule has 0 atom stereocenters. The second-order valence-electron chi connectivity index (χ2n) is 6.14. The number of hydrogen-bond acceptors (Lipinski definition) is 6. The molecule has 0 unspecified atom stereocenters. The average Bonchev–Trinajstić information content (AvgIpc) is 2.60. The second kappa shape index (κ2) is 6.82. The van der Waals surface area contributed by atoms with Crippen molar-refractivity contribution in [3.05, 3.63) is 58.1 Å². The van der Waals surface area contributed by atoms with Crippen LogP contribution in [0.2, 0.25) is 0 Å². The Kier molecular flexibility index (Phi) is 4.82. The summed E-state index contributed by atoms with van der Waals surface area (Å²) in [4.78, 5) is 9.95. The molecule has 0 saturated carbocycles. The highest BCUT2D eigenvalue weighted by Crippen LogP contribution is 2.32. The first-order chi connectivity index (χ1) is 12.6. The maximum atomic E-state index is 12.5. The van der Waals surface area contributed by atoms with E-state index in [0.29, 0.717) is 30.6 Å². The lowest BCUT2D eigenvalue weighted by Gasteiger charge is -2.29. The molecule has 1 aliphatic rings. The Bertz CT molecular complexity index is 1110. The highest BCUT2D eigenvalue weighted by atomic mass is 32.2. The Labute approximate surface area is 156 Å². The predicted molar refractivity (Wildman–Crippen MR) is 101 cm³/mol. The maximum absolute atomic E-state index is 12.5. The summed E-state index contributed by atoms with van der Waals surface area (Å²) in [5.74, 6) is 0. The van der Waals surface area contributed by atoms with Gasteiger partial charge in [-0.25, -0.2) is 16.8 Å². The number of nitro benzene ring substituents is 1. The lowest BCUT2D eigenvalue weighted by molar-refractivity contribution is -0.385. The van der Waals surface area contributed by atoms with Crippen molar-refractivity contribution in [3.63, 3.8) is 0 Å². The zero-order valence-electron chi connectivity index (χ0n) is 14.3. The molecular formula is C16H17N3O6S2. The van der Waals surface area contributed by atoms with Crippen LogP contribution < -0.4 is 9.03 Å². The van der Waals surface area contributed by atoms with Gasteiger partial charge in [-0.05, 0) is 42.7 Å². The predicted octanol–water partition coefficient (Wildman–Crippen LogP) is 2.11. The zero-order chi connectivity index (χ0) is 19.8. The molecule has 1 heterocycles. The third-order valence-electron chi connectivity index (χ3n) is 4.15. The van der Waals surface area contributed by atoms with E-state index in [-0.39, 0.29) is 16.3 Å². The molecule has 3 rings (SSSR count). The minimum absolute atomic E-state index is 0.229. The lowest BCUT2D eigenvalue weighted by Crippen LogP contribution is -2.34. The van der Waals surface area contributed by atoms with Crippen molar-refractivity contribution in [2.75, 3.05) is 21.8 Å². The molecule has 9 nitrogen and oxygen atoms in total. The summed E-state index contributed by atoms with van der Waals surface area (Å²) in [6.07, 6.45) is 2.37. The molecule has 0 radical (unpaired) electrons. The van der Waals surface area contributed by atoms with Crippen LogP contribution in [0, 0.1) is 10.1 Å². The van der Waals surface area contributed by atoms with E-state index in [1.165, 1.54) is 28.6 Å². The first-order valence-electron chi connectivity index (χ1n) is 7.96. The molecule has 1 aliphatic heterocycles. The van der Waals surface area contributed by atoms with Gasteiger partial charge in [0.1, 0.15) is 0 Å². The van der Waals surface area contributed by atoms with Crippen LogP contribution in [0.4, 0.5) is 17.1 Å². The summed E-state index contributed by atoms with van der Waals surface area (Å²) < 4.78 is 52.5. The standard InChI is InChI=1S/C16H17N3O6S2/c1-26(22,23)18-9-3-4-12-10-13(7-8-16(12)18)17-27(24,25)15-6-2-5-14(11-15)19(20)21/h2,5-8,10-11,17H,3-4,9H2,1H3. The fourth-order valence-electron chi connectivity index (χ4n) is 2.95. The zero-order valence-corrected chi connectivity index (χ0v) is 16.0. The Morgan fingerprint density at radius 2 is 1.85 bits per heavy atom. The number of fused-ring (bicyclic) bond motifs is 1. The third kappa shape index (κ3) is 4.03. The van der Waals surface area contributed by atoms with Gasteiger partial charge >= 0.3 is 0 Å². The van der Waals surface area contributed by atoms with E-state index in [1.807, 2.05) is 0 Å². The molecule has 2 aromatic rings. The van der Waals surface area contributed by atoms with Crippen molar-refractivity contribution in [2.24, 2.45) is 0 Å². The highest BCUT2D eigenvalue weighted by Gasteiger charge is 2.25. The number of anilines is 2. The number of rotatable bonds is 5. The molecule has 1 N–H and O–H groups in total. The van der Waals surface area contributed by atoms with E-state index in [0.717, 1.165) is 12.3 Å². The molecule has 2 aromatic carbocycles. The number of nitrogens with zero attached hydrogens (tertiary/aromatic N) is 2. The molecule has 0 amide bonds. The van der Waals surface area contributed by atoms with E-state index < -0.39 is 25.0 Å². The number of aryl methyl sites for hydroxylation is 1. The summed E-state index contributed by atoms with van der Waals surface area (Å²) in [7, 11) is -7.44. The molecule has 0 saturated heterocycles. The second-order valence-corrected chi connectivity index (χ2v) is 9.73. The van der Waals surface area contributed by atoms with Crippen molar-refractivity contribution in [3.8, 4) is 0 Å². The minimum atomic E-state index is -4.02. The van der Waals surface area contributed by atoms with E-state index >= 15 is 0 Å². The highest BCUT2D eigenvalue weighted by molar-refractivity contribution is 7.92. The molecule has 27 heavy (non-hydrogen) atoms. The van der Waals surface area contributed by atoms with Crippen LogP contribution in [0.5, 0.6) is 0 Å². The molecule has 0 fully saturated rings. The van der Waals surface area contributed by atoms with Gasteiger partial charge in [0.25, 0.3) is 15.7 Å². The molecule has 144 valence electrons. The van der Waals surface area contributed by atoms with Gasteiger partial charge in [-0.15, -0.1) is 0 Å². The Hall–Kier alpha value is -2.66. The van der Waals surface area contributed by atoms with Gasteiger partial charge in [0.15, 0.2) is 0 Å². The van der Waals surface area contributed by atoms with E-state index in [9.17, 15) is 26.9 Å². The van der Waals surface area contributed by atoms with Gasteiger partial charge in [-0.2, -0.15) is 0 Å². The number of benzene rings is 2. The van der Waals surface area contributed by atoms with Crippen LogP contribution in [0.3, 0.4) is 0 Å². The van der Waals surface area contributed by atoms with Gasteiger partial charge in [0, 0.05) is 24.4 Å². The summed E-state index contributed by atoms with van der Waals surface area (Å²) in [6, 6.07) is 9.35. The lowest BCUT2D eigenvalue weighted by atomic mass is 10.0. The summed E-state index contributed by atoms with van der Waals surface area (Å²) in [5.41, 5.74) is 1.18. The minimum Gasteiger partial charge on any atom is -0.280 e.